The number of carbonyl (C=O) groups is 3. The van der Waals surface area contributed by atoms with Gasteiger partial charge in [0.05, 0.1) is 6.04 Å². The quantitative estimate of drug-likeness (QED) is 0.0813. The minimum atomic E-state index is -0.693. The Labute approximate surface area is 269 Å². The number of hydrogen-bond donors (Lipinski definition) is 6. The fourth-order valence-electron chi connectivity index (χ4n) is 4.83. The van der Waals surface area contributed by atoms with Crippen LogP contribution < -0.4 is 16.1 Å². The number of aromatic amines is 1. The fourth-order valence-corrected chi connectivity index (χ4v) is 4.83. The summed E-state index contributed by atoms with van der Waals surface area (Å²) in [6, 6.07) is 24.7. The first-order valence-electron chi connectivity index (χ1n) is 15.4. The first-order valence-corrected chi connectivity index (χ1v) is 15.4. The molecule has 0 aliphatic carbocycles. The predicted molar refractivity (Wildman–Crippen MR) is 174 cm³/mol. The lowest BCUT2D eigenvalue weighted by Crippen LogP contribution is -2.51. The summed E-state index contributed by atoms with van der Waals surface area (Å²) in [5.74, 6) is -0.894. The molecule has 0 aliphatic heterocycles. The first kappa shape index (κ1) is 35.5. The van der Waals surface area contributed by atoms with E-state index in [1.165, 1.54) is 0 Å². The van der Waals surface area contributed by atoms with Gasteiger partial charge in [0.1, 0.15) is 0 Å². The lowest BCUT2D eigenvalue weighted by Gasteiger charge is -2.25. The zero-order valence-corrected chi connectivity index (χ0v) is 26.4. The van der Waals surface area contributed by atoms with E-state index in [1.54, 1.807) is 5.48 Å². The molecule has 1 unspecified atom stereocenters. The van der Waals surface area contributed by atoms with Gasteiger partial charge in [-0.3, -0.25) is 19.6 Å². The van der Waals surface area contributed by atoms with Crippen LogP contribution in [-0.4, -0.2) is 60.8 Å². The molecule has 0 bridgehead atoms. The number of carboxylic acid groups (broad SMARTS) is 1. The van der Waals surface area contributed by atoms with Gasteiger partial charge in [-0.2, -0.15) is 5.21 Å². The Morgan fingerprint density at radius 2 is 1.57 bits per heavy atom. The summed E-state index contributed by atoms with van der Waals surface area (Å²) in [6.45, 7) is 6.41. The Bertz CT molecular complexity index is 1500. The second-order valence-electron chi connectivity index (χ2n) is 11.2. The van der Waals surface area contributed by atoms with E-state index in [0.717, 1.165) is 40.7 Å². The third kappa shape index (κ3) is 11.5. The number of nitrogens with zero attached hydrogens (tertiary/aromatic N) is 3. The normalized spacial score (nSPS) is 12.0. The maximum atomic E-state index is 13.3. The van der Waals surface area contributed by atoms with Crippen LogP contribution in [-0.2, 0) is 27.3 Å². The number of carbonyl (C=O) groups excluding carboxylic acids is 2. The molecule has 244 valence electrons. The average Bonchev–Trinajstić information content (AvgIpc) is 3.60. The number of carboxylic acids is 1. The van der Waals surface area contributed by atoms with E-state index in [4.69, 9.17) is 10.3 Å². The van der Waals surface area contributed by atoms with Crippen LogP contribution in [0, 0.1) is 5.92 Å². The summed E-state index contributed by atoms with van der Waals surface area (Å²) in [4.78, 5) is 34.9. The van der Waals surface area contributed by atoms with Crippen LogP contribution in [0.5, 0.6) is 0 Å². The number of H-pyrrole nitrogens is 1. The number of tetrazole rings is 1. The molecule has 0 fully saturated rings. The van der Waals surface area contributed by atoms with Gasteiger partial charge in [0.2, 0.25) is 17.6 Å². The second kappa shape index (κ2) is 18.8. The van der Waals surface area contributed by atoms with E-state index in [1.807, 2.05) is 99.6 Å². The number of amides is 2. The molecule has 2 atom stereocenters. The summed E-state index contributed by atoms with van der Waals surface area (Å²) in [5, 5.41) is 37.8. The SMILES string of the molecule is CC(C)[C@H](NCc1ccc(-c2ccccc2-c2nn[nH]n2)cc1)C(=O)NC(CC(=O)NO)Cc1ccccc1.CCCCC(=O)O. The zero-order valence-electron chi connectivity index (χ0n) is 26.4. The number of hydrogen-bond acceptors (Lipinski definition) is 8. The van der Waals surface area contributed by atoms with E-state index in [0.29, 0.717) is 25.2 Å². The van der Waals surface area contributed by atoms with Gasteiger partial charge in [-0.25, -0.2) is 5.48 Å². The van der Waals surface area contributed by atoms with Crippen molar-refractivity contribution in [2.45, 2.75) is 71.5 Å². The van der Waals surface area contributed by atoms with Gasteiger partial charge in [0.15, 0.2) is 0 Å². The molecule has 46 heavy (non-hydrogen) atoms. The Morgan fingerprint density at radius 1 is 0.891 bits per heavy atom. The number of rotatable bonds is 15. The van der Waals surface area contributed by atoms with Crippen LogP contribution in [0.3, 0.4) is 0 Å². The van der Waals surface area contributed by atoms with Gasteiger partial charge < -0.3 is 15.7 Å². The molecule has 0 spiro atoms. The van der Waals surface area contributed by atoms with Crippen molar-refractivity contribution in [1.29, 1.82) is 0 Å². The molecule has 1 heterocycles. The summed E-state index contributed by atoms with van der Waals surface area (Å²) < 4.78 is 0. The molecule has 1 aromatic heterocycles. The molecule has 4 aromatic rings. The molecule has 0 radical (unpaired) electrons. The zero-order chi connectivity index (χ0) is 33.3. The summed E-state index contributed by atoms with van der Waals surface area (Å²) in [5.41, 5.74) is 6.57. The van der Waals surface area contributed by atoms with Crippen LogP contribution in [0.2, 0.25) is 0 Å². The topological polar surface area (TPSA) is 182 Å². The van der Waals surface area contributed by atoms with Crippen molar-refractivity contribution in [2.24, 2.45) is 5.92 Å². The van der Waals surface area contributed by atoms with E-state index < -0.39 is 24.0 Å². The standard InChI is InChI=1S/C29H33N7O3.C5H10O2/c1-19(2)27(29(38)31-23(17-26(37)34-39)16-20-8-4-3-5-9-20)30-18-21-12-14-22(15-13-21)24-10-6-7-11-25(24)28-32-35-36-33-28;1-2-3-4-5(6)7/h3-15,19,23,27,30,39H,16-18H2,1-2H3,(H,31,38)(H,34,37)(H,32,33,35,36);2-4H2,1H3,(H,6,7)/t23?,27-;/m0./s1. The highest BCUT2D eigenvalue weighted by Gasteiger charge is 2.25. The highest BCUT2D eigenvalue weighted by molar-refractivity contribution is 5.83. The van der Waals surface area contributed by atoms with E-state index >= 15 is 0 Å². The first-order chi connectivity index (χ1) is 22.2. The maximum absolute atomic E-state index is 13.3. The van der Waals surface area contributed by atoms with Gasteiger partial charge in [-0.05, 0) is 46.2 Å². The number of aromatic nitrogens is 4. The molecular formula is C34H43N7O5. The summed E-state index contributed by atoms with van der Waals surface area (Å²) >= 11 is 0. The van der Waals surface area contributed by atoms with Crippen molar-refractivity contribution < 1.29 is 24.7 Å². The molecule has 0 saturated heterocycles. The number of hydroxylamine groups is 1. The van der Waals surface area contributed by atoms with Gasteiger partial charge >= 0.3 is 5.97 Å². The van der Waals surface area contributed by atoms with Gasteiger partial charge in [-0.1, -0.05) is 106 Å². The van der Waals surface area contributed by atoms with Crippen molar-refractivity contribution in [3.05, 3.63) is 90.0 Å². The van der Waals surface area contributed by atoms with Crippen LogP contribution in [0.4, 0.5) is 0 Å². The van der Waals surface area contributed by atoms with Crippen LogP contribution in [0.15, 0.2) is 78.9 Å². The van der Waals surface area contributed by atoms with Gasteiger partial charge in [-0.15, -0.1) is 10.2 Å². The summed E-state index contributed by atoms with van der Waals surface area (Å²) in [6.07, 6.45) is 2.52. The molecule has 2 amide bonds. The molecule has 12 heteroatoms. The molecule has 0 aliphatic rings. The number of aliphatic carboxylic acids is 1. The van der Waals surface area contributed by atoms with Crippen LogP contribution in [0.25, 0.3) is 22.5 Å². The minimum Gasteiger partial charge on any atom is -0.481 e. The van der Waals surface area contributed by atoms with E-state index in [-0.39, 0.29) is 18.2 Å². The van der Waals surface area contributed by atoms with E-state index in [9.17, 15) is 14.4 Å². The summed E-state index contributed by atoms with van der Waals surface area (Å²) in [7, 11) is 0. The maximum Gasteiger partial charge on any atom is 0.303 e. The molecular weight excluding hydrogens is 586 g/mol. The highest BCUT2D eigenvalue weighted by atomic mass is 16.5. The smallest absolute Gasteiger partial charge is 0.303 e. The van der Waals surface area contributed by atoms with Gasteiger partial charge in [0, 0.05) is 31.0 Å². The average molecular weight is 630 g/mol. The second-order valence-corrected chi connectivity index (χ2v) is 11.2. The number of unbranched alkanes of at least 4 members (excludes halogenated alkanes) is 1. The number of nitrogens with one attached hydrogen (secondary N) is 4. The molecule has 4 rings (SSSR count). The highest BCUT2D eigenvalue weighted by Crippen LogP contribution is 2.29. The molecule has 3 aromatic carbocycles. The van der Waals surface area contributed by atoms with E-state index in [2.05, 4.69) is 31.3 Å². The lowest BCUT2D eigenvalue weighted by molar-refractivity contribution is -0.137. The van der Waals surface area contributed by atoms with Crippen molar-refractivity contribution in [2.75, 3.05) is 0 Å². The Hall–Kier alpha value is -4.94. The Kier molecular flexibility index (Phi) is 14.5. The van der Waals surface area contributed by atoms with Crippen LogP contribution in [0.1, 0.15) is 57.6 Å². The Balaban J connectivity index is 0.000000738. The van der Waals surface area contributed by atoms with Gasteiger partial charge in [0.25, 0.3) is 0 Å². The fraction of sp³-hybridized carbons (Fsp3) is 0.353. The van der Waals surface area contributed by atoms with Crippen molar-refractivity contribution >= 4 is 17.8 Å². The molecule has 0 saturated carbocycles. The monoisotopic (exact) mass is 629 g/mol. The number of benzene rings is 3. The lowest BCUT2D eigenvalue weighted by atomic mass is 9.97. The minimum absolute atomic E-state index is 0.00940. The third-order valence-electron chi connectivity index (χ3n) is 7.23. The predicted octanol–water partition coefficient (Wildman–Crippen LogP) is 4.53. The molecule has 6 N–H and O–H groups in total. The van der Waals surface area contributed by atoms with Crippen molar-refractivity contribution in [1.82, 2.24) is 36.7 Å². The largest absolute Gasteiger partial charge is 0.481 e. The Morgan fingerprint density at radius 3 is 2.13 bits per heavy atom. The molecule has 12 nitrogen and oxygen atoms in total. The van der Waals surface area contributed by atoms with Crippen molar-refractivity contribution in [3.8, 4) is 22.5 Å². The van der Waals surface area contributed by atoms with Crippen LogP contribution >= 0.6 is 0 Å². The third-order valence-corrected chi connectivity index (χ3v) is 7.23. The van der Waals surface area contributed by atoms with Crippen molar-refractivity contribution in [3.63, 3.8) is 0 Å².